The van der Waals surface area contributed by atoms with Gasteiger partial charge in [0.2, 0.25) is 0 Å². The summed E-state index contributed by atoms with van der Waals surface area (Å²) in [5, 5.41) is 6.32. The van der Waals surface area contributed by atoms with E-state index in [9.17, 15) is 8.78 Å². The molecule has 0 spiro atoms. The second-order valence-corrected chi connectivity index (χ2v) is 6.28. The van der Waals surface area contributed by atoms with Crippen molar-refractivity contribution >= 4 is 5.96 Å². The molecule has 0 bridgehead atoms. The maximum absolute atomic E-state index is 12.5. The SMILES string of the molecule is CN=C(NCCCOCC1CCCO1)NCc1ccc(OC)c(OC(F)F)c1. The van der Waals surface area contributed by atoms with E-state index < -0.39 is 6.61 Å². The summed E-state index contributed by atoms with van der Waals surface area (Å²) < 4.78 is 45.7. The summed E-state index contributed by atoms with van der Waals surface area (Å²) in [6.45, 7) is 0.326. The minimum Gasteiger partial charge on any atom is -0.493 e. The molecule has 2 rings (SSSR count). The molecule has 1 aliphatic rings. The lowest BCUT2D eigenvalue weighted by Gasteiger charge is -2.14. The van der Waals surface area contributed by atoms with Crippen LogP contribution in [0.1, 0.15) is 24.8 Å². The Kier molecular flexibility index (Phi) is 9.78. The van der Waals surface area contributed by atoms with Crippen molar-refractivity contribution in [3.05, 3.63) is 23.8 Å². The van der Waals surface area contributed by atoms with Crippen molar-refractivity contribution in [1.82, 2.24) is 10.6 Å². The van der Waals surface area contributed by atoms with E-state index in [4.69, 9.17) is 14.2 Å². The van der Waals surface area contributed by atoms with Gasteiger partial charge in [0.1, 0.15) is 0 Å². The van der Waals surface area contributed by atoms with Gasteiger partial charge < -0.3 is 29.6 Å². The second kappa shape index (κ2) is 12.4. The number of rotatable bonds is 11. The smallest absolute Gasteiger partial charge is 0.387 e. The Morgan fingerprint density at radius 1 is 1.32 bits per heavy atom. The Morgan fingerprint density at radius 2 is 2.18 bits per heavy atom. The van der Waals surface area contributed by atoms with Crippen LogP contribution in [-0.4, -0.2) is 59.2 Å². The van der Waals surface area contributed by atoms with Crippen molar-refractivity contribution in [2.45, 2.75) is 38.5 Å². The van der Waals surface area contributed by atoms with Gasteiger partial charge in [-0.05, 0) is 37.0 Å². The molecule has 2 N–H and O–H groups in total. The first kappa shape index (κ1) is 22.2. The number of nitrogens with zero attached hydrogens (tertiary/aromatic N) is 1. The number of halogens is 2. The lowest BCUT2D eigenvalue weighted by Crippen LogP contribution is -2.37. The van der Waals surface area contributed by atoms with Crippen LogP contribution in [0, 0.1) is 0 Å². The summed E-state index contributed by atoms with van der Waals surface area (Å²) in [5.74, 6) is 0.879. The van der Waals surface area contributed by atoms with Gasteiger partial charge in [-0.25, -0.2) is 0 Å². The maximum Gasteiger partial charge on any atom is 0.387 e. The van der Waals surface area contributed by atoms with Crippen LogP contribution in [0.3, 0.4) is 0 Å². The number of hydrogen-bond donors (Lipinski definition) is 2. The minimum atomic E-state index is -2.91. The number of nitrogens with one attached hydrogen (secondary N) is 2. The highest BCUT2D eigenvalue weighted by molar-refractivity contribution is 5.79. The molecular weight excluding hydrogens is 372 g/mol. The standard InChI is InChI=1S/C19H29F2N3O4/c1-22-19(23-8-4-9-26-13-15-5-3-10-27-15)24-12-14-6-7-16(25-2)17(11-14)28-18(20)21/h6-7,11,15,18H,3-5,8-10,12-13H2,1-2H3,(H2,22,23,24). The largest absolute Gasteiger partial charge is 0.493 e. The van der Waals surface area contributed by atoms with Crippen LogP contribution >= 0.6 is 0 Å². The molecule has 1 aromatic carbocycles. The number of benzene rings is 1. The van der Waals surface area contributed by atoms with Gasteiger partial charge >= 0.3 is 6.61 Å². The van der Waals surface area contributed by atoms with E-state index >= 15 is 0 Å². The summed E-state index contributed by atoms with van der Waals surface area (Å²) in [4.78, 5) is 4.15. The van der Waals surface area contributed by atoms with E-state index in [2.05, 4.69) is 20.4 Å². The molecule has 1 unspecified atom stereocenters. The number of guanidine groups is 1. The molecular formula is C19H29F2N3O4. The van der Waals surface area contributed by atoms with Crippen molar-refractivity contribution in [1.29, 1.82) is 0 Å². The van der Waals surface area contributed by atoms with Crippen molar-refractivity contribution < 1.29 is 27.7 Å². The van der Waals surface area contributed by atoms with E-state index in [1.54, 1.807) is 19.2 Å². The lowest BCUT2D eigenvalue weighted by atomic mass is 10.2. The molecule has 1 heterocycles. The van der Waals surface area contributed by atoms with Crippen molar-refractivity contribution in [3.8, 4) is 11.5 Å². The molecule has 1 saturated heterocycles. The lowest BCUT2D eigenvalue weighted by molar-refractivity contribution is -0.0512. The highest BCUT2D eigenvalue weighted by Crippen LogP contribution is 2.29. The average molecular weight is 401 g/mol. The predicted octanol–water partition coefficient (Wildman–Crippen LogP) is 2.55. The third-order valence-corrected chi connectivity index (χ3v) is 4.21. The van der Waals surface area contributed by atoms with Crippen LogP contribution < -0.4 is 20.1 Å². The summed E-state index contributed by atoms with van der Waals surface area (Å²) in [6.07, 6.45) is 3.26. The van der Waals surface area contributed by atoms with Crippen LogP contribution in [0.2, 0.25) is 0 Å². The van der Waals surface area contributed by atoms with Gasteiger partial charge in [0.05, 0.1) is 19.8 Å². The average Bonchev–Trinajstić information content (AvgIpc) is 3.20. The Bertz CT molecular complexity index is 611. The van der Waals surface area contributed by atoms with Gasteiger partial charge in [-0.15, -0.1) is 0 Å². The molecule has 0 aromatic heterocycles. The molecule has 9 heteroatoms. The van der Waals surface area contributed by atoms with Crippen molar-refractivity contribution in [2.24, 2.45) is 4.99 Å². The highest BCUT2D eigenvalue weighted by Gasteiger charge is 2.15. The van der Waals surface area contributed by atoms with Gasteiger partial charge in [0.15, 0.2) is 17.5 Å². The van der Waals surface area contributed by atoms with E-state index in [0.717, 1.165) is 31.4 Å². The monoisotopic (exact) mass is 401 g/mol. The fourth-order valence-corrected chi connectivity index (χ4v) is 2.80. The predicted molar refractivity (Wildman–Crippen MR) is 102 cm³/mol. The van der Waals surface area contributed by atoms with Crippen molar-refractivity contribution in [3.63, 3.8) is 0 Å². The Balaban J connectivity index is 1.68. The Labute approximate surface area is 164 Å². The summed E-state index contributed by atoms with van der Waals surface area (Å²) >= 11 is 0. The number of methoxy groups -OCH3 is 1. The van der Waals surface area contributed by atoms with Gasteiger partial charge in [-0.3, -0.25) is 4.99 Å². The second-order valence-electron chi connectivity index (χ2n) is 6.28. The van der Waals surface area contributed by atoms with E-state index in [0.29, 0.717) is 32.3 Å². The number of hydrogen-bond acceptors (Lipinski definition) is 5. The van der Waals surface area contributed by atoms with Crippen LogP contribution in [-0.2, 0) is 16.0 Å². The van der Waals surface area contributed by atoms with Gasteiger partial charge in [0, 0.05) is 33.4 Å². The normalized spacial score (nSPS) is 17.0. The quantitative estimate of drug-likeness (QED) is 0.337. The molecule has 0 radical (unpaired) electrons. The molecule has 28 heavy (non-hydrogen) atoms. The highest BCUT2D eigenvalue weighted by atomic mass is 19.3. The fourth-order valence-electron chi connectivity index (χ4n) is 2.80. The fraction of sp³-hybridized carbons (Fsp3) is 0.632. The molecule has 1 atom stereocenters. The molecule has 0 saturated carbocycles. The van der Waals surface area contributed by atoms with E-state index in [-0.39, 0.29) is 17.6 Å². The number of alkyl halides is 2. The molecule has 1 aliphatic heterocycles. The van der Waals surface area contributed by atoms with Crippen molar-refractivity contribution in [2.75, 3.05) is 40.5 Å². The Hall–Kier alpha value is -2.13. The third-order valence-electron chi connectivity index (χ3n) is 4.21. The first-order chi connectivity index (χ1) is 13.6. The van der Waals surface area contributed by atoms with Gasteiger partial charge in [0.25, 0.3) is 0 Å². The first-order valence-electron chi connectivity index (χ1n) is 9.38. The summed E-state index contributed by atoms with van der Waals surface area (Å²) in [5.41, 5.74) is 0.763. The molecule has 1 aromatic rings. The van der Waals surface area contributed by atoms with E-state index in [1.165, 1.54) is 13.2 Å². The summed E-state index contributed by atoms with van der Waals surface area (Å²) in [6, 6.07) is 4.89. The number of aliphatic imine (C=N–C) groups is 1. The molecule has 1 fully saturated rings. The zero-order chi connectivity index (χ0) is 20.2. The topological polar surface area (TPSA) is 73.3 Å². The van der Waals surface area contributed by atoms with Crippen LogP contribution in [0.25, 0.3) is 0 Å². The molecule has 158 valence electrons. The molecule has 0 amide bonds. The van der Waals surface area contributed by atoms with Crippen LogP contribution in [0.4, 0.5) is 8.78 Å². The van der Waals surface area contributed by atoms with Crippen LogP contribution in [0.15, 0.2) is 23.2 Å². The Morgan fingerprint density at radius 3 is 2.86 bits per heavy atom. The number of ether oxygens (including phenoxy) is 4. The third kappa shape index (κ3) is 7.85. The zero-order valence-electron chi connectivity index (χ0n) is 16.4. The maximum atomic E-state index is 12.5. The molecule has 7 nitrogen and oxygen atoms in total. The van der Waals surface area contributed by atoms with Gasteiger partial charge in [-0.2, -0.15) is 8.78 Å². The van der Waals surface area contributed by atoms with E-state index in [1.807, 2.05) is 0 Å². The minimum absolute atomic E-state index is 0.00291. The zero-order valence-corrected chi connectivity index (χ0v) is 16.4. The summed E-state index contributed by atoms with van der Waals surface area (Å²) in [7, 11) is 3.07. The van der Waals surface area contributed by atoms with Crippen LogP contribution in [0.5, 0.6) is 11.5 Å². The molecule has 0 aliphatic carbocycles. The first-order valence-corrected chi connectivity index (χ1v) is 9.38. The van der Waals surface area contributed by atoms with Gasteiger partial charge in [-0.1, -0.05) is 6.07 Å².